The molecule has 17 heavy (non-hydrogen) atoms. The van der Waals surface area contributed by atoms with Crippen molar-refractivity contribution in [2.75, 3.05) is 19.8 Å². The molecule has 0 amide bonds. The summed E-state index contributed by atoms with van der Waals surface area (Å²) in [7, 11) is 0. The van der Waals surface area contributed by atoms with Crippen LogP contribution in [0.1, 0.15) is 25.8 Å². The van der Waals surface area contributed by atoms with Crippen LogP contribution in [0.2, 0.25) is 0 Å². The lowest BCUT2D eigenvalue weighted by atomic mass is 10.2. The number of hydrogen-bond acceptors (Lipinski definition) is 2. The van der Waals surface area contributed by atoms with E-state index in [9.17, 15) is 4.39 Å². The quantitative estimate of drug-likeness (QED) is 0.704. The molecule has 0 saturated carbocycles. The molecule has 0 atom stereocenters. The first-order valence-corrected chi connectivity index (χ1v) is 6.21. The van der Waals surface area contributed by atoms with Crippen LogP contribution in [0.25, 0.3) is 0 Å². The van der Waals surface area contributed by atoms with Crippen LogP contribution >= 0.6 is 0 Å². The van der Waals surface area contributed by atoms with Crippen molar-refractivity contribution in [2.45, 2.75) is 26.8 Å². The lowest BCUT2D eigenvalue weighted by Gasteiger charge is -2.07. The first-order chi connectivity index (χ1) is 8.18. The molecule has 0 aromatic heterocycles. The number of halogens is 1. The van der Waals surface area contributed by atoms with Crippen LogP contribution in [-0.2, 0) is 11.3 Å². The van der Waals surface area contributed by atoms with Gasteiger partial charge in [-0.05, 0) is 36.6 Å². The maximum atomic E-state index is 12.9. The Hall–Kier alpha value is -0.930. The Kier molecular flexibility index (Phi) is 6.82. The van der Waals surface area contributed by atoms with E-state index in [0.29, 0.717) is 12.5 Å². The smallest absolute Gasteiger partial charge is 0.123 e. The number of rotatable bonds is 8. The highest BCUT2D eigenvalue weighted by molar-refractivity contribution is 5.15. The first kappa shape index (κ1) is 14.1. The summed E-state index contributed by atoms with van der Waals surface area (Å²) < 4.78 is 18.3. The Bertz CT molecular complexity index is 315. The zero-order chi connectivity index (χ0) is 12.5. The van der Waals surface area contributed by atoms with E-state index in [1.54, 1.807) is 12.1 Å². The molecule has 0 aliphatic carbocycles. The van der Waals surface area contributed by atoms with Gasteiger partial charge in [0.1, 0.15) is 5.82 Å². The van der Waals surface area contributed by atoms with Crippen molar-refractivity contribution in [3.8, 4) is 0 Å². The van der Waals surface area contributed by atoms with Crippen LogP contribution in [0.15, 0.2) is 24.3 Å². The predicted octanol–water partition coefficient (Wildman–Crippen LogP) is 2.98. The van der Waals surface area contributed by atoms with Crippen molar-refractivity contribution in [1.82, 2.24) is 5.32 Å². The van der Waals surface area contributed by atoms with Gasteiger partial charge >= 0.3 is 0 Å². The molecule has 0 saturated heterocycles. The molecule has 0 aliphatic rings. The van der Waals surface area contributed by atoms with Gasteiger partial charge in [0.05, 0.1) is 0 Å². The highest BCUT2D eigenvalue weighted by atomic mass is 19.1. The summed E-state index contributed by atoms with van der Waals surface area (Å²) in [5.74, 6) is 0.416. The molecular weight excluding hydrogens is 217 g/mol. The summed E-state index contributed by atoms with van der Waals surface area (Å²) in [6.07, 6.45) is 0.988. The van der Waals surface area contributed by atoms with Gasteiger partial charge in [-0.2, -0.15) is 0 Å². The van der Waals surface area contributed by atoms with Crippen molar-refractivity contribution in [1.29, 1.82) is 0 Å². The molecule has 0 bridgehead atoms. The molecule has 0 spiro atoms. The second-order valence-electron chi connectivity index (χ2n) is 4.63. The number of ether oxygens (including phenoxy) is 1. The van der Waals surface area contributed by atoms with Gasteiger partial charge in [0, 0.05) is 19.8 Å². The summed E-state index contributed by atoms with van der Waals surface area (Å²) in [6, 6.07) is 6.68. The van der Waals surface area contributed by atoms with Crippen LogP contribution in [0.5, 0.6) is 0 Å². The molecular formula is C14H22FNO. The molecule has 0 heterocycles. The zero-order valence-corrected chi connectivity index (χ0v) is 10.7. The minimum absolute atomic E-state index is 0.176. The van der Waals surface area contributed by atoms with Crippen LogP contribution in [0.4, 0.5) is 4.39 Å². The van der Waals surface area contributed by atoms with E-state index in [0.717, 1.165) is 31.7 Å². The van der Waals surface area contributed by atoms with Crippen LogP contribution in [0, 0.1) is 11.7 Å². The SMILES string of the molecule is CC(C)COCCCNCc1cccc(F)c1. The molecule has 1 rings (SSSR count). The Morgan fingerprint density at radius 2 is 2.18 bits per heavy atom. The Morgan fingerprint density at radius 1 is 1.35 bits per heavy atom. The normalized spacial score (nSPS) is 11.1. The fourth-order valence-electron chi connectivity index (χ4n) is 1.50. The van der Waals surface area contributed by atoms with Gasteiger partial charge in [0.15, 0.2) is 0 Å². The average molecular weight is 239 g/mol. The minimum Gasteiger partial charge on any atom is -0.381 e. The van der Waals surface area contributed by atoms with E-state index in [-0.39, 0.29) is 5.82 Å². The Labute approximate surface area is 103 Å². The second-order valence-corrected chi connectivity index (χ2v) is 4.63. The maximum absolute atomic E-state index is 12.9. The third-order valence-electron chi connectivity index (χ3n) is 2.31. The van der Waals surface area contributed by atoms with E-state index in [1.807, 2.05) is 6.07 Å². The molecule has 1 aromatic carbocycles. The summed E-state index contributed by atoms with van der Waals surface area (Å²) in [4.78, 5) is 0. The van der Waals surface area contributed by atoms with Gasteiger partial charge in [-0.15, -0.1) is 0 Å². The van der Waals surface area contributed by atoms with E-state index >= 15 is 0 Å². The first-order valence-electron chi connectivity index (χ1n) is 6.21. The fourth-order valence-corrected chi connectivity index (χ4v) is 1.50. The molecule has 2 nitrogen and oxygen atoms in total. The summed E-state index contributed by atoms with van der Waals surface area (Å²) in [5, 5.41) is 3.27. The maximum Gasteiger partial charge on any atom is 0.123 e. The number of benzene rings is 1. The van der Waals surface area contributed by atoms with Crippen LogP contribution in [0.3, 0.4) is 0 Å². The summed E-state index contributed by atoms with van der Waals surface area (Å²) in [5.41, 5.74) is 0.980. The third-order valence-corrected chi connectivity index (χ3v) is 2.31. The largest absolute Gasteiger partial charge is 0.381 e. The molecule has 1 N–H and O–H groups in total. The minimum atomic E-state index is -0.176. The monoisotopic (exact) mass is 239 g/mol. The fraction of sp³-hybridized carbons (Fsp3) is 0.571. The van der Waals surface area contributed by atoms with Crippen LogP contribution in [-0.4, -0.2) is 19.8 Å². The molecule has 1 aromatic rings. The van der Waals surface area contributed by atoms with Crippen molar-refractivity contribution >= 4 is 0 Å². The summed E-state index contributed by atoms with van der Waals surface area (Å²) in [6.45, 7) is 7.50. The molecule has 0 unspecified atom stereocenters. The van der Waals surface area contributed by atoms with Gasteiger partial charge in [-0.3, -0.25) is 0 Å². The second kappa shape index (κ2) is 8.20. The topological polar surface area (TPSA) is 21.3 Å². The molecule has 3 heteroatoms. The van der Waals surface area contributed by atoms with Gasteiger partial charge in [0.25, 0.3) is 0 Å². The van der Waals surface area contributed by atoms with Crippen molar-refractivity contribution in [3.05, 3.63) is 35.6 Å². The van der Waals surface area contributed by atoms with Crippen molar-refractivity contribution < 1.29 is 9.13 Å². The van der Waals surface area contributed by atoms with E-state index in [4.69, 9.17) is 4.74 Å². The van der Waals surface area contributed by atoms with Gasteiger partial charge in [0.2, 0.25) is 0 Å². The van der Waals surface area contributed by atoms with Crippen molar-refractivity contribution in [2.24, 2.45) is 5.92 Å². The van der Waals surface area contributed by atoms with Crippen LogP contribution < -0.4 is 5.32 Å². The molecule has 0 radical (unpaired) electrons. The van der Waals surface area contributed by atoms with Gasteiger partial charge in [-0.1, -0.05) is 26.0 Å². The predicted molar refractivity (Wildman–Crippen MR) is 68.4 cm³/mol. The lowest BCUT2D eigenvalue weighted by molar-refractivity contribution is 0.108. The highest BCUT2D eigenvalue weighted by Gasteiger charge is 1.96. The van der Waals surface area contributed by atoms with Gasteiger partial charge < -0.3 is 10.1 Å². The standard InChI is InChI=1S/C14H22FNO/c1-12(2)11-17-8-4-7-16-10-13-5-3-6-14(15)9-13/h3,5-6,9,12,16H,4,7-8,10-11H2,1-2H3. The van der Waals surface area contributed by atoms with E-state index < -0.39 is 0 Å². The average Bonchev–Trinajstić information content (AvgIpc) is 2.27. The van der Waals surface area contributed by atoms with E-state index in [1.165, 1.54) is 6.07 Å². The third kappa shape index (κ3) is 7.08. The molecule has 96 valence electrons. The lowest BCUT2D eigenvalue weighted by Crippen LogP contribution is -2.17. The molecule has 0 fully saturated rings. The number of nitrogens with one attached hydrogen (secondary N) is 1. The highest BCUT2D eigenvalue weighted by Crippen LogP contribution is 2.02. The van der Waals surface area contributed by atoms with E-state index in [2.05, 4.69) is 19.2 Å². The Morgan fingerprint density at radius 3 is 2.88 bits per heavy atom. The number of hydrogen-bond donors (Lipinski definition) is 1. The van der Waals surface area contributed by atoms with Gasteiger partial charge in [-0.25, -0.2) is 4.39 Å². The van der Waals surface area contributed by atoms with Crippen molar-refractivity contribution in [3.63, 3.8) is 0 Å². The summed E-state index contributed by atoms with van der Waals surface area (Å²) >= 11 is 0. The Balaban J connectivity index is 2.01. The zero-order valence-electron chi connectivity index (χ0n) is 10.7. The molecule has 0 aliphatic heterocycles.